The molecule has 1 aliphatic rings. The Kier molecular flexibility index (Phi) is 2.12. The highest BCUT2D eigenvalue weighted by atomic mass is 16.5. The third-order valence-electron chi connectivity index (χ3n) is 2.15. The van der Waals surface area contributed by atoms with Crippen molar-refractivity contribution in [3.05, 3.63) is 35.9 Å². The molecule has 1 saturated heterocycles. The Bertz CT molecular complexity index is 307. The van der Waals surface area contributed by atoms with Gasteiger partial charge in [-0.3, -0.25) is 4.79 Å². The molecule has 0 amide bonds. The Morgan fingerprint density at radius 2 is 2.08 bits per heavy atom. The maximum atomic E-state index is 11.0. The van der Waals surface area contributed by atoms with E-state index in [-0.39, 0.29) is 12.4 Å². The van der Waals surface area contributed by atoms with E-state index < -0.39 is 12.2 Å². The van der Waals surface area contributed by atoms with Crippen LogP contribution in [0, 0.1) is 0 Å². The molecule has 0 bridgehead atoms. The van der Waals surface area contributed by atoms with Gasteiger partial charge in [-0.2, -0.15) is 0 Å². The number of Topliss-reactive ketones (excluding diaryl/α,β-unsaturated/α-hetero) is 1. The van der Waals surface area contributed by atoms with Crippen molar-refractivity contribution < 1.29 is 14.6 Å². The molecule has 0 radical (unpaired) electrons. The first-order chi connectivity index (χ1) is 6.29. The van der Waals surface area contributed by atoms with E-state index in [2.05, 4.69) is 0 Å². The van der Waals surface area contributed by atoms with Gasteiger partial charge < -0.3 is 9.84 Å². The lowest BCUT2D eigenvalue weighted by Crippen LogP contribution is -2.44. The first-order valence-corrected chi connectivity index (χ1v) is 4.16. The molecule has 0 spiro atoms. The molecule has 1 N–H and O–H groups in total. The van der Waals surface area contributed by atoms with Crippen molar-refractivity contribution in [3.8, 4) is 0 Å². The minimum Gasteiger partial charge on any atom is -0.385 e. The van der Waals surface area contributed by atoms with Gasteiger partial charge in [-0.05, 0) is 5.56 Å². The largest absolute Gasteiger partial charge is 0.385 e. The van der Waals surface area contributed by atoms with Gasteiger partial charge in [0.25, 0.3) is 0 Å². The van der Waals surface area contributed by atoms with Crippen LogP contribution in [0.4, 0.5) is 0 Å². The first-order valence-electron chi connectivity index (χ1n) is 4.16. The van der Waals surface area contributed by atoms with E-state index in [1.807, 2.05) is 18.2 Å². The van der Waals surface area contributed by atoms with Crippen molar-refractivity contribution in [2.24, 2.45) is 0 Å². The van der Waals surface area contributed by atoms with Crippen molar-refractivity contribution >= 4 is 5.78 Å². The van der Waals surface area contributed by atoms with Crippen LogP contribution in [0.25, 0.3) is 0 Å². The Morgan fingerprint density at radius 3 is 2.54 bits per heavy atom. The van der Waals surface area contributed by atoms with E-state index in [9.17, 15) is 9.90 Å². The van der Waals surface area contributed by atoms with Crippen LogP contribution in [-0.4, -0.2) is 23.6 Å². The lowest BCUT2D eigenvalue weighted by Gasteiger charge is -2.29. The van der Waals surface area contributed by atoms with Crippen LogP contribution in [0.5, 0.6) is 0 Å². The number of aliphatic hydroxyl groups excluding tert-OH is 1. The molecule has 1 aromatic rings. The van der Waals surface area contributed by atoms with Gasteiger partial charge in [0.1, 0.15) is 18.8 Å². The van der Waals surface area contributed by atoms with Crippen LogP contribution >= 0.6 is 0 Å². The molecule has 0 aromatic heterocycles. The summed E-state index contributed by atoms with van der Waals surface area (Å²) in [7, 11) is 0. The average molecular weight is 178 g/mol. The third kappa shape index (κ3) is 1.48. The van der Waals surface area contributed by atoms with Gasteiger partial charge >= 0.3 is 0 Å². The molecule has 0 unspecified atom stereocenters. The van der Waals surface area contributed by atoms with Crippen molar-refractivity contribution in [2.45, 2.75) is 12.2 Å². The zero-order valence-corrected chi connectivity index (χ0v) is 7.01. The first kappa shape index (κ1) is 8.41. The molecule has 13 heavy (non-hydrogen) atoms. The normalized spacial score (nSPS) is 23.8. The summed E-state index contributed by atoms with van der Waals surface area (Å²) in [5.41, 5.74) is 0.723. The van der Waals surface area contributed by atoms with Gasteiger partial charge in [0, 0.05) is 0 Å². The molecule has 1 aromatic carbocycles. The zero-order valence-electron chi connectivity index (χ0n) is 7.01. The molecule has 1 aliphatic heterocycles. The number of hydrogen-bond donors (Lipinski definition) is 1. The molecule has 1 heterocycles. The standard InChI is InChI=1S/C10H10O3/c11-8-6-13-10(8)9(12)7-4-2-1-3-5-7/h1-5,9-10,12H,6H2/t9-,10+/m0/s1. The van der Waals surface area contributed by atoms with Gasteiger partial charge in [0.2, 0.25) is 0 Å². The molecule has 3 heteroatoms. The Balaban J connectivity index is 2.13. The van der Waals surface area contributed by atoms with Gasteiger partial charge in [-0.1, -0.05) is 30.3 Å². The van der Waals surface area contributed by atoms with Crippen LogP contribution in [0.3, 0.4) is 0 Å². The van der Waals surface area contributed by atoms with Crippen LogP contribution in [0.2, 0.25) is 0 Å². The highest BCUT2D eigenvalue weighted by Gasteiger charge is 2.36. The second-order valence-electron chi connectivity index (χ2n) is 3.05. The summed E-state index contributed by atoms with van der Waals surface area (Å²) in [6.07, 6.45) is -1.47. The number of benzene rings is 1. The lowest BCUT2D eigenvalue weighted by atomic mass is 9.99. The Hall–Kier alpha value is -1.19. The summed E-state index contributed by atoms with van der Waals surface area (Å²) in [4.78, 5) is 11.0. The predicted octanol–water partition coefficient (Wildman–Crippen LogP) is 0.688. The molecular formula is C10H10O3. The molecular weight excluding hydrogens is 168 g/mol. The molecule has 1 fully saturated rings. The van der Waals surface area contributed by atoms with Crippen molar-refractivity contribution in [3.63, 3.8) is 0 Å². The third-order valence-corrected chi connectivity index (χ3v) is 2.15. The fraction of sp³-hybridized carbons (Fsp3) is 0.300. The molecule has 0 saturated carbocycles. The summed E-state index contributed by atoms with van der Waals surface area (Å²) in [5.74, 6) is -0.0312. The van der Waals surface area contributed by atoms with Gasteiger partial charge in [-0.25, -0.2) is 0 Å². The number of ketones is 1. The number of ether oxygens (including phenoxy) is 1. The lowest BCUT2D eigenvalue weighted by molar-refractivity contribution is -0.167. The second-order valence-corrected chi connectivity index (χ2v) is 3.05. The van der Waals surface area contributed by atoms with Gasteiger partial charge in [-0.15, -0.1) is 0 Å². The Morgan fingerprint density at radius 1 is 1.38 bits per heavy atom. The predicted molar refractivity (Wildman–Crippen MR) is 46.1 cm³/mol. The van der Waals surface area contributed by atoms with Crippen LogP contribution in [-0.2, 0) is 9.53 Å². The van der Waals surface area contributed by atoms with Crippen LogP contribution in [0.15, 0.2) is 30.3 Å². The molecule has 68 valence electrons. The van der Waals surface area contributed by atoms with E-state index in [0.29, 0.717) is 0 Å². The van der Waals surface area contributed by atoms with Crippen LogP contribution < -0.4 is 0 Å². The highest BCUT2D eigenvalue weighted by molar-refractivity contribution is 5.89. The smallest absolute Gasteiger partial charge is 0.190 e. The summed E-state index contributed by atoms with van der Waals surface area (Å²) < 4.78 is 4.96. The van der Waals surface area contributed by atoms with Crippen molar-refractivity contribution in [1.82, 2.24) is 0 Å². The van der Waals surface area contributed by atoms with Crippen LogP contribution in [0.1, 0.15) is 11.7 Å². The van der Waals surface area contributed by atoms with E-state index in [1.54, 1.807) is 12.1 Å². The summed E-state index contributed by atoms with van der Waals surface area (Å²) >= 11 is 0. The fourth-order valence-electron chi connectivity index (χ4n) is 1.34. The maximum absolute atomic E-state index is 11.0. The molecule has 3 nitrogen and oxygen atoms in total. The molecule has 2 atom stereocenters. The highest BCUT2D eigenvalue weighted by Crippen LogP contribution is 2.24. The minimum atomic E-state index is -0.817. The minimum absolute atomic E-state index is 0.0312. The quantitative estimate of drug-likeness (QED) is 0.724. The summed E-state index contributed by atoms with van der Waals surface area (Å²) in [6, 6.07) is 9.06. The zero-order chi connectivity index (χ0) is 9.26. The second kappa shape index (κ2) is 3.28. The maximum Gasteiger partial charge on any atom is 0.190 e. The number of aliphatic hydroxyl groups is 1. The number of carbonyl (C=O) groups is 1. The fourth-order valence-corrected chi connectivity index (χ4v) is 1.34. The summed E-state index contributed by atoms with van der Waals surface area (Å²) in [5, 5.41) is 9.66. The van der Waals surface area contributed by atoms with E-state index in [0.717, 1.165) is 5.56 Å². The monoisotopic (exact) mass is 178 g/mol. The molecule has 0 aliphatic carbocycles. The van der Waals surface area contributed by atoms with Crippen molar-refractivity contribution in [2.75, 3.05) is 6.61 Å². The topological polar surface area (TPSA) is 46.5 Å². The van der Waals surface area contributed by atoms with Gasteiger partial charge in [0.15, 0.2) is 5.78 Å². The number of hydrogen-bond acceptors (Lipinski definition) is 3. The number of carbonyl (C=O) groups excluding carboxylic acids is 1. The Labute approximate surface area is 76.0 Å². The number of rotatable bonds is 2. The molecule has 2 rings (SSSR count). The average Bonchev–Trinajstić information content (AvgIpc) is 2.17. The van der Waals surface area contributed by atoms with Crippen molar-refractivity contribution in [1.29, 1.82) is 0 Å². The van der Waals surface area contributed by atoms with E-state index in [1.165, 1.54) is 0 Å². The van der Waals surface area contributed by atoms with E-state index >= 15 is 0 Å². The SMILES string of the molecule is O=C1CO[C@H]1[C@@H](O)c1ccccc1. The van der Waals surface area contributed by atoms with E-state index in [4.69, 9.17) is 4.74 Å². The summed E-state index contributed by atoms with van der Waals surface area (Å²) in [6.45, 7) is 0.133. The van der Waals surface area contributed by atoms with Gasteiger partial charge in [0.05, 0.1) is 0 Å².